The molecule has 2 aromatic carbocycles. The topological polar surface area (TPSA) is 66.5 Å². The van der Waals surface area contributed by atoms with Gasteiger partial charge in [0.2, 0.25) is 15.9 Å². The number of sulfonamides is 1. The van der Waals surface area contributed by atoms with Gasteiger partial charge in [0.15, 0.2) is 0 Å². The first-order valence-corrected chi connectivity index (χ1v) is 11.0. The molecule has 0 aromatic heterocycles. The van der Waals surface area contributed by atoms with Gasteiger partial charge in [0.05, 0.1) is 18.0 Å². The summed E-state index contributed by atoms with van der Waals surface area (Å²) >= 11 is 0. The molecule has 1 amide bonds. The molecule has 0 radical (unpaired) electrons. The summed E-state index contributed by atoms with van der Waals surface area (Å²) in [6.07, 6.45) is 1.84. The average molecular weight is 389 g/mol. The number of nitrogens with zero attached hydrogens (tertiary/aromatic N) is 1. The third kappa shape index (κ3) is 5.82. The van der Waals surface area contributed by atoms with Crippen molar-refractivity contribution in [3.8, 4) is 0 Å². The maximum atomic E-state index is 12.6. The normalized spacial score (nSPS) is 12.6. The molecule has 0 fully saturated rings. The number of rotatable bonds is 8. The molecule has 1 unspecified atom stereocenters. The van der Waals surface area contributed by atoms with Crippen molar-refractivity contribution >= 4 is 21.6 Å². The van der Waals surface area contributed by atoms with E-state index in [0.29, 0.717) is 11.6 Å². The lowest BCUT2D eigenvalue weighted by Crippen LogP contribution is -2.41. The van der Waals surface area contributed by atoms with Crippen molar-refractivity contribution in [2.24, 2.45) is 0 Å². The molecular weight excluding hydrogens is 360 g/mol. The number of nitrogens with one attached hydrogen (secondary N) is 1. The van der Waals surface area contributed by atoms with Gasteiger partial charge in [-0.1, -0.05) is 63.2 Å². The third-order valence-corrected chi connectivity index (χ3v) is 5.62. The number of carbonyl (C=O) groups excluding carboxylic acids is 1. The van der Waals surface area contributed by atoms with Crippen LogP contribution in [0.15, 0.2) is 54.6 Å². The summed E-state index contributed by atoms with van der Waals surface area (Å²) in [5, 5.41) is 2.94. The van der Waals surface area contributed by atoms with Crippen LogP contribution in [0.25, 0.3) is 0 Å². The van der Waals surface area contributed by atoms with Crippen LogP contribution in [0.5, 0.6) is 0 Å². The molecule has 1 N–H and O–H groups in total. The Morgan fingerprint density at radius 2 is 1.59 bits per heavy atom. The molecule has 1 atom stereocenters. The van der Waals surface area contributed by atoms with E-state index >= 15 is 0 Å². The maximum Gasteiger partial charge on any atom is 0.241 e. The average Bonchev–Trinajstić information content (AvgIpc) is 2.64. The first-order valence-electron chi connectivity index (χ1n) is 9.14. The fourth-order valence-corrected chi connectivity index (χ4v) is 3.76. The minimum Gasteiger partial charge on any atom is -0.348 e. The molecule has 0 saturated carbocycles. The van der Waals surface area contributed by atoms with E-state index in [0.717, 1.165) is 28.1 Å². The number of carbonyl (C=O) groups is 1. The minimum absolute atomic E-state index is 0.150. The molecule has 2 aromatic rings. The van der Waals surface area contributed by atoms with Crippen molar-refractivity contribution in [2.75, 3.05) is 17.1 Å². The van der Waals surface area contributed by atoms with Crippen molar-refractivity contribution in [1.82, 2.24) is 5.32 Å². The summed E-state index contributed by atoms with van der Waals surface area (Å²) in [6.45, 7) is 5.89. The van der Waals surface area contributed by atoms with Crippen LogP contribution in [-0.2, 0) is 14.8 Å². The molecule has 0 aliphatic carbocycles. The second-order valence-electron chi connectivity index (χ2n) is 6.95. The van der Waals surface area contributed by atoms with E-state index < -0.39 is 10.0 Å². The Bertz CT molecular complexity index is 847. The Labute approximate surface area is 162 Å². The molecule has 0 aliphatic heterocycles. The van der Waals surface area contributed by atoms with Crippen molar-refractivity contribution in [3.63, 3.8) is 0 Å². The van der Waals surface area contributed by atoms with Crippen LogP contribution >= 0.6 is 0 Å². The molecule has 27 heavy (non-hydrogen) atoms. The van der Waals surface area contributed by atoms with Crippen molar-refractivity contribution in [2.45, 2.75) is 39.2 Å². The van der Waals surface area contributed by atoms with Crippen LogP contribution in [0.3, 0.4) is 0 Å². The zero-order chi connectivity index (χ0) is 20.0. The molecule has 0 saturated heterocycles. The number of amides is 1. The molecule has 0 spiro atoms. The fourth-order valence-electron chi connectivity index (χ4n) is 2.90. The minimum atomic E-state index is -3.58. The van der Waals surface area contributed by atoms with Gasteiger partial charge in [0.1, 0.15) is 6.54 Å². The Hall–Kier alpha value is -2.34. The van der Waals surface area contributed by atoms with Gasteiger partial charge in [0.25, 0.3) is 0 Å². The zero-order valence-electron chi connectivity index (χ0n) is 16.3. The summed E-state index contributed by atoms with van der Waals surface area (Å²) in [5.41, 5.74) is 2.61. The first-order chi connectivity index (χ1) is 12.7. The molecule has 0 aliphatic rings. The molecule has 0 bridgehead atoms. The molecular formula is C21H28N2O3S. The lowest BCUT2D eigenvalue weighted by molar-refractivity contribution is -0.120. The van der Waals surface area contributed by atoms with Gasteiger partial charge in [-0.15, -0.1) is 0 Å². The number of anilines is 1. The summed E-state index contributed by atoms with van der Waals surface area (Å²) in [6, 6.07) is 16.8. The Morgan fingerprint density at radius 1 is 1.00 bits per heavy atom. The smallest absolute Gasteiger partial charge is 0.241 e. The molecule has 146 valence electrons. The van der Waals surface area contributed by atoms with Crippen molar-refractivity contribution < 1.29 is 13.2 Å². The largest absolute Gasteiger partial charge is 0.348 e. The zero-order valence-corrected chi connectivity index (χ0v) is 17.2. The Morgan fingerprint density at radius 3 is 2.07 bits per heavy atom. The van der Waals surface area contributed by atoms with Gasteiger partial charge in [-0.3, -0.25) is 9.10 Å². The second-order valence-corrected chi connectivity index (χ2v) is 8.86. The second kappa shape index (κ2) is 9.04. The van der Waals surface area contributed by atoms with Gasteiger partial charge in [-0.05, 0) is 35.6 Å². The Balaban J connectivity index is 2.17. The fraction of sp³-hybridized carbons (Fsp3) is 0.381. The van der Waals surface area contributed by atoms with Gasteiger partial charge < -0.3 is 5.32 Å². The third-order valence-electron chi connectivity index (χ3n) is 4.48. The highest BCUT2D eigenvalue weighted by Crippen LogP contribution is 2.22. The maximum absolute atomic E-state index is 12.6. The number of hydrogen-bond acceptors (Lipinski definition) is 3. The van der Waals surface area contributed by atoms with Gasteiger partial charge in [0, 0.05) is 0 Å². The van der Waals surface area contributed by atoms with E-state index in [-0.39, 0.29) is 18.5 Å². The summed E-state index contributed by atoms with van der Waals surface area (Å²) in [5.74, 6) is 0.0225. The van der Waals surface area contributed by atoms with Gasteiger partial charge >= 0.3 is 0 Å². The van der Waals surface area contributed by atoms with E-state index in [1.165, 1.54) is 0 Å². The summed E-state index contributed by atoms with van der Waals surface area (Å²) in [7, 11) is -3.58. The lowest BCUT2D eigenvalue weighted by atomic mass is 10.0. The predicted octanol–water partition coefficient (Wildman–Crippen LogP) is 3.84. The highest BCUT2D eigenvalue weighted by Gasteiger charge is 2.22. The van der Waals surface area contributed by atoms with Crippen LogP contribution in [0, 0.1) is 0 Å². The van der Waals surface area contributed by atoms with E-state index in [1.807, 2.05) is 49.4 Å². The SMILES string of the molecule is CCC(NC(=O)CN(c1ccc(C(C)C)cc1)S(C)(=O)=O)c1ccccc1. The first kappa shape index (κ1) is 21.0. The van der Waals surface area contributed by atoms with Gasteiger partial charge in [-0.2, -0.15) is 0 Å². The van der Waals surface area contributed by atoms with E-state index in [1.54, 1.807) is 12.1 Å². The highest BCUT2D eigenvalue weighted by molar-refractivity contribution is 7.92. The summed E-state index contributed by atoms with van der Waals surface area (Å²) < 4.78 is 25.7. The van der Waals surface area contributed by atoms with Gasteiger partial charge in [-0.25, -0.2) is 8.42 Å². The van der Waals surface area contributed by atoms with Crippen LogP contribution in [0.4, 0.5) is 5.69 Å². The Kier molecular flexibility index (Phi) is 7.02. The summed E-state index contributed by atoms with van der Waals surface area (Å²) in [4.78, 5) is 12.6. The highest BCUT2D eigenvalue weighted by atomic mass is 32.2. The molecule has 2 rings (SSSR count). The van der Waals surface area contributed by atoms with Crippen molar-refractivity contribution in [3.05, 3.63) is 65.7 Å². The van der Waals surface area contributed by atoms with Crippen LogP contribution in [0.2, 0.25) is 0 Å². The van der Waals surface area contributed by atoms with Crippen LogP contribution in [0.1, 0.15) is 50.3 Å². The van der Waals surface area contributed by atoms with Crippen molar-refractivity contribution in [1.29, 1.82) is 0 Å². The van der Waals surface area contributed by atoms with E-state index in [2.05, 4.69) is 19.2 Å². The van der Waals surface area contributed by atoms with Crippen LogP contribution in [-0.4, -0.2) is 27.1 Å². The lowest BCUT2D eigenvalue weighted by Gasteiger charge is -2.24. The van der Waals surface area contributed by atoms with Crippen LogP contribution < -0.4 is 9.62 Å². The van der Waals surface area contributed by atoms with E-state index in [4.69, 9.17) is 0 Å². The standard InChI is InChI=1S/C21H28N2O3S/c1-5-20(18-9-7-6-8-10-18)22-21(24)15-23(27(4,25)26)19-13-11-17(12-14-19)16(2)3/h6-14,16,20H,5,15H2,1-4H3,(H,22,24). The molecule has 6 heteroatoms. The number of hydrogen-bond donors (Lipinski definition) is 1. The monoisotopic (exact) mass is 388 g/mol. The quantitative estimate of drug-likeness (QED) is 0.747. The predicted molar refractivity (Wildman–Crippen MR) is 110 cm³/mol. The van der Waals surface area contributed by atoms with E-state index in [9.17, 15) is 13.2 Å². The number of benzene rings is 2. The molecule has 5 nitrogen and oxygen atoms in total. The molecule has 0 heterocycles.